The van der Waals surface area contributed by atoms with Crippen molar-refractivity contribution in [1.29, 1.82) is 0 Å². The van der Waals surface area contributed by atoms with Crippen LogP contribution < -0.4 is 16.4 Å². The zero-order valence-electron chi connectivity index (χ0n) is 12.9. The first kappa shape index (κ1) is 17.2. The second-order valence-corrected chi connectivity index (χ2v) is 5.33. The fraction of sp³-hybridized carbons (Fsp3) is 0.500. The van der Waals surface area contributed by atoms with E-state index in [1.54, 1.807) is 6.92 Å². The highest BCUT2D eigenvalue weighted by Crippen LogP contribution is 2.12. The van der Waals surface area contributed by atoms with Crippen LogP contribution in [0.4, 0.5) is 0 Å². The first-order valence-electron chi connectivity index (χ1n) is 7.34. The number of benzene rings is 1. The van der Waals surface area contributed by atoms with Crippen molar-refractivity contribution in [3.8, 4) is 0 Å². The Kier molecular flexibility index (Phi) is 6.88. The molecule has 0 heterocycles. The van der Waals surface area contributed by atoms with E-state index < -0.39 is 6.04 Å². The number of nitrogens with two attached hydrogens (primary N) is 1. The molecule has 0 aliphatic heterocycles. The number of rotatable bonds is 7. The van der Waals surface area contributed by atoms with E-state index in [9.17, 15) is 9.59 Å². The summed E-state index contributed by atoms with van der Waals surface area (Å²) in [6.45, 7) is 5.59. The van der Waals surface area contributed by atoms with E-state index in [2.05, 4.69) is 10.6 Å². The molecule has 0 radical (unpaired) electrons. The van der Waals surface area contributed by atoms with Crippen molar-refractivity contribution in [3.05, 3.63) is 35.9 Å². The van der Waals surface area contributed by atoms with Crippen molar-refractivity contribution in [1.82, 2.24) is 10.6 Å². The molecule has 0 aliphatic rings. The third-order valence-electron chi connectivity index (χ3n) is 3.40. The van der Waals surface area contributed by atoms with Gasteiger partial charge in [0, 0.05) is 18.5 Å². The van der Waals surface area contributed by atoms with Gasteiger partial charge in [-0.3, -0.25) is 9.59 Å². The van der Waals surface area contributed by atoms with E-state index in [-0.39, 0.29) is 30.3 Å². The molecule has 0 bridgehead atoms. The normalized spacial score (nSPS) is 14.9. The summed E-state index contributed by atoms with van der Waals surface area (Å²) in [7, 11) is 0. The largest absolute Gasteiger partial charge is 0.352 e. The van der Waals surface area contributed by atoms with E-state index in [0.29, 0.717) is 0 Å². The minimum absolute atomic E-state index is 0.100. The van der Waals surface area contributed by atoms with Crippen molar-refractivity contribution in [2.75, 3.05) is 0 Å². The highest BCUT2D eigenvalue weighted by molar-refractivity contribution is 5.87. The number of hydrogen-bond acceptors (Lipinski definition) is 3. The first-order valence-corrected chi connectivity index (χ1v) is 7.34. The van der Waals surface area contributed by atoms with E-state index >= 15 is 0 Å². The summed E-state index contributed by atoms with van der Waals surface area (Å²) < 4.78 is 0. The van der Waals surface area contributed by atoms with Gasteiger partial charge in [0.15, 0.2) is 0 Å². The molecule has 0 fully saturated rings. The SMILES string of the molecule is CCC(C)NC(=O)C(C)NC(=O)CC(N)c1ccccc1. The van der Waals surface area contributed by atoms with Gasteiger partial charge >= 0.3 is 0 Å². The van der Waals surface area contributed by atoms with E-state index in [4.69, 9.17) is 5.73 Å². The molecule has 0 saturated carbocycles. The van der Waals surface area contributed by atoms with Gasteiger partial charge in [-0.05, 0) is 25.8 Å². The monoisotopic (exact) mass is 291 g/mol. The lowest BCUT2D eigenvalue weighted by Crippen LogP contribution is -2.47. The first-order chi connectivity index (χ1) is 9.93. The zero-order chi connectivity index (χ0) is 15.8. The molecule has 4 N–H and O–H groups in total. The van der Waals surface area contributed by atoms with Crippen LogP contribution in [0, 0.1) is 0 Å². The van der Waals surface area contributed by atoms with Crippen LogP contribution in [0.3, 0.4) is 0 Å². The minimum Gasteiger partial charge on any atom is -0.352 e. The summed E-state index contributed by atoms with van der Waals surface area (Å²) in [5, 5.41) is 5.51. The molecule has 0 saturated heterocycles. The van der Waals surface area contributed by atoms with Crippen molar-refractivity contribution >= 4 is 11.8 Å². The predicted octanol–water partition coefficient (Wildman–Crippen LogP) is 1.50. The Hall–Kier alpha value is -1.88. The zero-order valence-corrected chi connectivity index (χ0v) is 12.9. The fourth-order valence-electron chi connectivity index (χ4n) is 1.85. The quantitative estimate of drug-likeness (QED) is 0.711. The number of hydrogen-bond donors (Lipinski definition) is 3. The molecule has 3 atom stereocenters. The summed E-state index contributed by atoms with van der Waals surface area (Å²) >= 11 is 0. The maximum Gasteiger partial charge on any atom is 0.242 e. The smallest absolute Gasteiger partial charge is 0.242 e. The molecule has 5 nitrogen and oxygen atoms in total. The third-order valence-corrected chi connectivity index (χ3v) is 3.40. The van der Waals surface area contributed by atoms with E-state index in [0.717, 1.165) is 12.0 Å². The molecule has 2 amide bonds. The lowest BCUT2D eigenvalue weighted by Gasteiger charge is -2.18. The van der Waals surface area contributed by atoms with Gasteiger partial charge in [-0.1, -0.05) is 37.3 Å². The Morgan fingerprint density at radius 2 is 1.76 bits per heavy atom. The number of nitrogens with one attached hydrogen (secondary N) is 2. The van der Waals surface area contributed by atoms with Gasteiger partial charge in [0.2, 0.25) is 11.8 Å². The van der Waals surface area contributed by atoms with Gasteiger partial charge in [0.1, 0.15) is 6.04 Å². The molecule has 1 rings (SSSR count). The van der Waals surface area contributed by atoms with Gasteiger partial charge in [-0.25, -0.2) is 0 Å². The molecule has 1 aromatic carbocycles. The maximum absolute atomic E-state index is 11.9. The Balaban J connectivity index is 2.44. The molecular weight excluding hydrogens is 266 g/mol. The molecule has 5 heteroatoms. The summed E-state index contributed by atoms with van der Waals surface area (Å²) in [6.07, 6.45) is 1.01. The summed E-state index contributed by atoms with van der Waals surface area (Å²) in [5.41, 5.74) is 6.90. The van der Waals surface area contributed by atoms with Crippen LogP contribution in [-0.2, 0) is 9.59 Å². The molecular formula is C16H25N3O2. The number of carbonyl (C=O) groups is 2. The topological polar surface area (TPSA) is 84.2 Å². The van der Waals surface area contributed by atoms with Crippen molar-refractivity contribution < 1.29 is 9.59 Å². The van der Waals surface area contributed by atoms with E-state index in [1.807, 2.05) is 44.2 Å². The van der Waals surface area contributed by atoms with Crippen molar-refractivity contribution in [3.63, 3.8) is 0 Å². The Morgan fingerprint density at radius 3 is 2.33 bits per heavy atom. The highest BCUT2D eigenvalue weighted by Gasteiger charge is 2.18. The Morgan fingerprint density at radius 1 is 1.14 bits per heavy atom. The molecule has 0 aromatic heterocycles. The van der Waals surface area contributed by atoms with Crippen LogP contribution in [0.1, 0.15) is 45.2 Å². The van der Waals surface area contributed by atoms with Crippen LogP contribution >= 0.6 is 0 Å². The lowest BCUT2D eigenvalue weighted by molar-refractivity contribution is -0.129. The van der Waals surface area contributed by atoms with Gasteiger partial charge in [0.25, 0.3) is 0 Å². The van der Waals surface area contributed by atoms with Crippen molar-refractivity contribution in [2.45, 2.75) is 51.7 Å². The predicted molar refractivity (Wildman–Crippen MR) is 83.5 cm³/mol. The molecule has 21 heavy (non-hydrogen) atoms. The second kappa shape index (κ2) is 8.42. The standard InChI is InChI=1S/C16H25N3O2/c1-4-11(2)18-16(21)12(3)19-15(20)10-14(17)13-8-6-5-7-9-13/h5-9,11-12,14H,4,10,17H2,1-3H3,(H,18,21)(H,19,20). The average molecular weight is 291 g/mol. The molecule has 1 aromatic rings. The maximum atomic E-state index is 11.9. The molecule has 3 unspecified atom stereocenters. The van der Waals surface area contributed by atoms with Crippen LogP contribution in [0.15, 0.2) is 30.3 Å². The van der Waals surface area contributed by atoms with Crippen LogP contribution in [-0.4, -0.2) is 23.9 Å². The highest BCUT2D eigenvalue weighted by atomic mass is 16.2. The summed E-state index contributed by atoms with van der Waals surface area (Å²) in [6, 6.07) is 8.62. The minimum atomic E-state index is -0.561. The average Bonchev–Trinajstić information content (AvgIpc) is 2.47. The number of amides is 2. The third kappa shape index (κ3) is 5.95. The van der Waals surface area contributed by atoms with Gasteiger partial charge < -0.3 is 16.4 Å². The van der Waals surface area contributed by atoms with Gasteiger partial charge in [-0.2, -0.15) is 0 Å². The Labute approximate surface area is 126 Å². The van der Waals surface area contributed by atoms with Gasteiger partial charge in [0.05, 0.1) is 0 Å². The summed E-state index contributed by atoms with van der Waals surface area (Å²) in [4.78, 5) is 23.8. The molecule has 0 aliphatic carbocycles. The second-order valence-electron chi connectivity index (χ2n) is 5.33. The van der Waals surface area contributed by atoms with Gasteiger partial charge in [-0.15, -0.1) is 0 Å². The van der Waals surface area contributed by atoms with Crippen LogP contribution in [0.2, 0.25) is 0 Å². The number of carbonyl (C=O) groups excluding carboxylic acids is 2. The fourth-order valence-corrected chi connectivity index (χ4v) is 1.85. The Bertz CT molecular complexity index is 462. The molecule has 0 spiro atoms. The molecule has 116 valence electrons. The summed E-state index contributed by atoms with van der Waals surface area (Å²) in [5.74, 6) is -0.399. The lowest BCUT2D eigenvalue weighted by atomic mass is 10.0. The van der Waals surface area contributed by atoms with Crippen LogP contribution in [0.25, 0.3) is 0 Å². The van der Waals surface area contributed by atoms with E-state index in [1.165, 1.54) is 0 Å². The van der Waals surface area contributed by atoms with Crippen molar-refractivity contribution in [2.24, 2.45) is 5.73 Å². The van der Waals surface area contributed by atoms with Crippen LogP contribution in [0.5, 0.6) is 0 Å².